The van der Waals surface area contributed by atoms with E-state index in [4.69, 9.17) is 27.9 Å². The van der Waals surface area contributed by atoms with E-state index in [-0.39, 0.29) is 12.2 Å². The Labute approximate surface area is 105 Å². The molecule has 1 aliphatic rings. The fraction of sp³-hybridized carbons (Fsp3) is 0.500. The summed E-state index contributed by atoms with van der Waals surface area (Å²) in [5.74, 6) is 0.667. The minimum Gasteiger partial charge on any atom is -0.488 e. The maximum Gasteiger partial charge on any atom is 0.124 e. The molecule has 0 spiro atoms. The zero-order chi connectivity index (χ0) is 11.5. The fourth-order valence-corrected chi connectivity index (χ4v) is 2.23. The van der Waals surface area contributed by atoms with Crippen molar-refractivity contribution in [1.29, 1.82) is 0 Å². The van der Waals surface area contributed by atoms with Gasteiger partial charge >= 0.3 is 0 Å². The van der Waals surface area contributed by atoms with Crippen LogP contribution in [0.25, 0.3) is 0 Å². The molecule has 0 bridgehead atoms. The lowest BCUT2D eigenvalue weighted by molar-refractivity contribution is 0.00688. The maximum atomic E-state index is 9.77. The van der Waals surface area contributed by atoms with Crippen molar-refractivity contribution in [2.24, 2.45) is 0 Å². The van der Waals surface area contributed by atoms with Crippen molar-refractivity contribution in [3.8, 4) is 5.75 Å². The minimum absolute atomic E-state index is 0.119. The molecule has 2 unspecified atom stereocenters. The van der Waals surface area contributed by atoms with Crippen LogP contribution in [0.1, 0.15) is 25.7 Å². The van der Waals surface area contributed by atoms with Gasteiger partial charge in [0.05, 0.1) is 16.1 Å². The Morgan fingerprint density at radius 2 is 1.88 bits per heavy atom. The summed E-state index contributed by atoms with van der Waals surface area (Å²) >= 11 is 11.7. The lowest BCUT2D eigenvalue weighted by Gasteiger charge is -2.28. The molecule has 16 heavy (non-hydrogen) atoms. The zero-order valence-electron chi connectivity index (χ0n) is 8.83. The SMILES string of the molecule is OC1CCCCC1Oc1ccc(Cl)c(Cl)c1. The molecule has 0 radical (unpaired) electrons. The van der Waals surface area contributed by atoms with Gasteiger partial charge in [0.1, 0.15) is 11.9 Å². The molecule has 0 amide bonds. The number of rotatable bonds is 2. The summed E-state index contributed by atoms with van der Waals surface area (Å²) in [5, 5.41) is 10.8. The number of hydrogen-bond donors (Lipinski definition) is 1. The Morgan fingerprint density at radius 1 is 1.12 bits per heavy atom. The highest BCUT2D eigenvalue weighted by Crippen LogP contribution is 2.29. The summed E-state index contributed by atoms with van der Waals surface area (Å²) in [6, 6.07) is 5.16. The van der Waals surface area contributed by atoms with Crippen molar-refractivity contribution < 1.29 is 9.84 Å². The van der Waals surface area contributed by atoms with E-state index in [0.29, 0.717) is 15.8 Å². The molecule has 1 aromatic carbocycles. The summed E-state index contributed by atoms with van der Waals surface area (Å²) < 4.78 is 5.71. The van der Waals surface area contributed by atoms with Crippen LogP contribution in [0.4, 0.5) is 0 Å². The fourth-order valence-electron chi connectivity index (χ4n) is 1.94. The van der Waals surface area contributed by atoms with Crippen molar-refractivity contribution in [3.05, 3.63) is 28.2 Å². The lowest BCUT2D eigenvalue weighted by Crippen LogP contribution is -2.34. The summed E-state index contributed by atoms with van der Waals surface area (Å²) in [4.78, 5) is 0. The van der Waals surface area contributed by atoms with E-state index in [9.17, 15) is 5.11 Å². The Bertz CT molecular complexity index is 368. The normalized spacial score (nSPS) is 25.4. The van der Waals surface area contributed by atoms with Crippen LogP contribution in [0, 0.1) is 0 Å². The second kappa shape index (κ2) is 5.26. The Morgan fingerprint density at radius 3 is 2.56 bits per heavy atom. The average Bonchev–Trinajstić information content (AvgIpc) is 2.27. The second-order valence-electron chi connectivity index (χ2n) is 4.08. The molecule has 0 saturated heterocycles. The highest BCUT2D eigenvalue weighted by atomic mass is 35.5. The molecule has 1 aromatic rings. The summed E-state index contributed by atoms with van der Waals surface area (Å²) in [6.07, 6.45) is 3.38. The molecule has 2 nitrogen and oxygen atoms in total. The molecule has 2 rings (SSSR count). The van der Waals surface area contributed by atoms with Crippen molar-refractivity contribution in [3.63, 3.8) is 0 Å². The van der Waals surface area contributed by atoms with E-state index in [1.54, 1.807) is 18.2 Å². The van der Waals surface area contributed by atoms with Gasteiger partial charge in [-0.1, -0.05) is 29.6 Å². The van der Waals surface area contributed by atoms with E-state index >= 15 is 0 Å². The molecule has 88 valence electrons. The van der Waals surface area contributed by atoms with E-state index in [1.165, 1.54) is 0 Å². The van der Waals surface area contributed by atoms with Crippen LogP contribution >= 0.6 is 23.2 Å². The molecule has 1 fully saturated rings. The van der Waals surface area contributed by atoms with Gasteiger partial charge in [0.25, 0.3) is 0 Å². The van der Waals surface area contributed by atoms with Crippen LogP contribution in [0.15, 0.2) is 18.2 Å². The van der Waals surface area contributed by atoms with Crippen molar-refractivity contribution in [1.82, 2.24) is 0 Å². The summed E-state index contributed by atoms with van der Waals surface area (Å²) in [7, 11) is 0. The van der Waals surface area contributed by atoms with Crippen molar-refractivity contribution in [2.75, 3.05) is 0 Å². The van der Waals surface area contributed by atoms with Crippen LogP contribution in [-0.2, 0) is 0 Å². The van der Waals surface area contributed by atoms with Crippen LogP contribution in [0.2, 0.25) is 10.0 Å². The monoisotopic (exact) mass is 260 g/mol. The number of aliphatic hydroxyl groups excluding tert-OH is 1. The van der Waals surface area contributed by atoms with Gasteiger partial charge in [0.2, 0.25) is 0 Å². The smallest absolute Gasteiger partial charge is 0.124 e. The number of hydrogen-bond acceptors (Lipinski definition) is 2. The van der Waals surface area contributed by atoms with Crippen LogP contribution in [0.3, 0.4) is 0 Å². The van der Waals surface area contributed by atoms with Gasteiger partial charge in [-0.2, -0.15) is 0 Å². The van der Waals surface area contributed by atoms with Crippen LogP contribution in [0.5, 0.6) is 5.75 Å². The molecule has 1 aliphatic carbocycles. The van der Waals surface area contributed by atoms with E-state index in [0.717, 1.165) is 25.7 Å². The third-order valence-corrected chi connectivity index (χ3v) is 3.59. The van der Waals surface area contributed by atoms with E-state index < -0.39 is 0 Å². The van der Waals surface area contributed by atoms with Crippen LogP contribution in [-0.4, -0.2) is 17.3 Å². The predicted molar refractivity (Wildman–Crippen MR) is 65.4 cm³/mol. The van der Waals surface area contributed by atoms with Crippen LogP contribution < -0.4 is 4.74 Å². The first-order valence-electron chi connectivity index (χ1n) is 5.46. The van der Waals surface area contributed by atoms with Crippen molar-refractivity contribution >= 4 is 23.2 Å². The third kappa shape index (κ3) is 2.82. The first kappa shape index (κ1) is 12.0. The molecule has 0 heterocycles. The van der Waals surface area contributed by atoms with Crippen molar-refractivity contribution in [2.45, 2.75) is 37.9 Å². The second-order valence-corrected chi connectivity index (χ2v) is 4.90. The largest absolute Gasteiger partial charge is 0.488 e. The Hall–Kier alpha value is -0.440. The first-order valence-corrected chi connectivity index (χ1v) is 6.22. The average molecular weight is 261 g/mol. The quantitative estimate of drug-likeness (QED) is 0.880. The molecular formula is C12H14Cl2O2. The topological polar surface area (TPSA) is 29.5 Å². The van der Waals surface area contributed by atoms with Gasteiger partial charge in [-0.15, -0.1) is 0 Å². The van der Waals surface area contributed by atoms with Gasteiger partial charge in [-0.05, 0) is 31.4 Å². The lowest BCUT2D eigenvalue weighted by atomic mass is 9.95. The molecule has 4 heteroatoms. The Balaban J connectivity index is 2.05. The molecule has 2 atom stereocenters. The summed E-state index contributed by atoms with van der Waals surface area (Å²) in [6.45, 7) is 0. The molecule has 1 saturated carbocycles. The minimum atomic E-state index is -0.372. The number of benzene rings is 1. The molecule has 1 N–H and O–H groups in total. The molecule has 0 aromatic heterocycles. The first-order chi connectivity index (χ1) is 7.66. The standard InChI is InChI=1S/C12H14Cl2O2/c13-9-6-5-8(7-10(9)14)16-12-4-2-1-3-11(12)15/h5-7,11-12,15H,1-4H2. The molecule has 0 aliphatic heterocycles. The Kier molecular flexibility index (Phi) is 3.95. The van der Waals surface area contributed by atoms with E-state index in [1.807, 2.05) is 0 Å². The number of halogens is 2. The van der Waals surface area contributed by atoms with Gasteiger partial charge in [-0.25, -0.2) is 0 Å². The van der Waals surface area contributed by atoms with Gasteiger partial charge in [0, 0.05) is 6.07 Å². The maximum absolute atomic E-state index is 9.77. The number of ether oxygens (including phenoxy) is 1. The third-order valence-electron chi connectivity index (χ3n) is 2.85. The molecular weight excluding hydrogens is 247 g/mol. The predicted octanol–water partition coefficient (Wildman–Crippen LogP) is 3.68. The highest BCUT2D eigenvalue weighted by Gasteiger charge is 2.24. The number of aliphatic hydroxyl groups is 1. The van der Waals surface area contributed by atoms with Gasteiger partial charge < -0.3 is 9.84 Å². The highest BCUT2D eigenvalue weighted by molar-refractivity contribution is 6.42. The van der Waals surface area contributed by atoms with Gasteiger partial charge in [-0.3, -0.25) is 0 Å². The summed E-state index contributed by atoms with van der Waals surface area (Å²) in [5.41, 5.74) is 0. The zero-order valence-corrected chi connectivity index (χ0v) is 10.3. The van der Waals surface area contributed by atoms with Gasteiger partial charge in [0.15, 0.2) is 0 Å². The van der Waals surface area contributed by atoms with E-state index in [2.05, 4.69) is 0 Å².